The first-order valence-electron chi connectivity index (χ1n) is 7.68. The van der Waals surface area contributed by atoms with Gasteiger partial charge in [-0.05, 0) is 6.92 Å². The normalized spacial score (nSPS) is 19.3. The zero-order valence-electron chi connectivity index (χ0n) is 12.7. The van der Waals surface area contributed by atoms with E-state index in [-0.39, 0.29) is 11.7 Å². The molecule has 23 heavy (non-hydrogen) atoms. The number of ketones is 2. The van der Waals surface area contributed by atoms with Gasteiger partial charge in [-0.3, -0.25) is 14.5 Å². The van der Waals surface area contributed by atoms with Crippen molar-refractivity contribution in [1.82, 2.24) is 9.88 Å². The Morgan fingerprint density at radius 3 is 2.52 bits per heavy atom. The largest absolute Gasteiger partial charge is 0.438 e. The first-order valence-corrected chi connectivity index (χ1v) is 7.68. The molecule has 0 saturated carbocycles. The van der Waals surface area contributed by atoms with Gasteiger partial charge in [-0.2, -0.15) is 0 Å². The molecule has 2 aliphatic rings. The highest BCUT2D eigenvalue weighted by atomic mass is 16.5. The van der Waals surface area contributed by atoms with E-state index in [1.807, 2.05) is 13.0 Å². The van der Waals surface area contributed by atoms with E-state index in [0.717, 1.165) is 13.1 Å². The molecular weight excluding hydrogens is 296 g/mol. The summed E-state index contributed by atoms with van der Waals surface area (Å²) in [4.78, 5) is 31.0. The third-order valence-electron chi connectivity index (χ3n) is 4.43. The second-order valence-electron chi connectivity index (χ2n) is 5.76. The molecule has 2 heterocycles. The molecule has 1 saturated heterocycles. The number of morpholine rings is 1. The number of benzene rings is 1. The Hall–Kier alpha value is -2.31. The second-order valence-corrected chi connectivity index (χ2v) is 5.76. The number of nitrogens with zero attached hydrogens (tertiary/aromatic N) is 2. The molecule has 1 atom stereocenters. The third kappa shape index (κ3) is 2.22. The van der Waals surface area contributed by atoms with Crippen molar-refractivity contribution in [3.63, 3.8) is 0 Å². The molecule has 1 unspecified atom stereocenters. The molecule has 1 aromatic carbocycles. The van der Waals surface area contributed by atoms with Crippen molar-refractivity contribution in [3.8, 4) is 11.3 Å². The summed E-state index contributed by atoms with van der Waals surface area (Å²) < 4.78 is 11.3. The highest BCUT2D eigenvalue weighted by molar-refractivity contribution is 6.52. The van der Waals surface area contributed by atoms with Gasteiger partial charge in [-0.1, -0.05) is 24.3 Å². The van der Waals surface area contributed by atoms with Crippen LogP contribution in [-0.2, 0) is 4.74 Å². The summed E-state index contributed by atoms with van der Waals surface area (Å²) in [6.07, 6.45) is 0. The summed E-state index contributed by atoms with van der Waals surface area (Å²) in [5, 5.41) is 0. The van der Waals surface area contributed by atoms with Crippen LogP contribution in [0, 0.1) is 0 Å². The Labute approximate surface area is 133 Å². The van der Waals surface area contributed by atoms with Gasteiger partial charge in [0.2, 0.25) is 11.7 Å². The first kappa shape index (κ1) is 14.3. The van der Waals surface area contributed by atoms with E-state index in [0.29, 0.717) is 36.0 Å². The average Bonchev–Trinajstić information content (AvgIpc) is 3.05. The average molecular weight is 312 g/mol. The van der Waals surface area contributed by atoms with Gasteiger partial charge in [0.05, 0.1) is 19.3 Å². The summed E-state index contributed by atoms with van der Waals surface area (Å²) in [6.45, 7) is 4.91. The first-order chi connectivity index (χ1) is 11.2. The molecule has 0 bridgehead atoms. The summed E-state index contributed by atoms with van der Waals surface area (Å²) in [7, 11) is 0. The molecular formula is C17H16N2O4. The van der Waals surface area contributed by atoms with Crippen LogP contribution in [0.4, 0.5) is 0 Å². The maximum Gasteiger partial charge on any atom is 0.255 e. The van der Waals surface area contributed by atoms with E-state index in [1.165, 1.54) is 0 Å². The van der Waals surface area contributed by atoms with Crippen molar-refractivity contribution in [2.45, 2.75) is 13.0 Å². The van der Waals surface area contributed by atoms with Crippen LogP contribution in [-0.4, -0.2) is 47.8 Å². The number of ether oxygens (including phenoxy) is 1. The number of hydrogen-bond acceptors (Lipinski definition) is 6. The van der Waals surface area contributed by atoms with Crippen molar-refractivity contribution in [2.24, 2.45) is 0 Å². The Balaban J connectivity index is 1.76. The minimum absolute atomic E-state index is 0.0698. The minimum Gasteiger partial charge on any atom is -0.438 e. The SMILES string of the molecule is CC(c1nc2c(o1)-c1ccccc1C(=O)C2=O)N1CCOCC1. The summed E-state index contributed by atoms with van der Waals surface area (Å²) in [5.74, 6) is -0.245. The molecule has 4 rings (SSSR count). The number of carbonyl (C=O) groups excluding carboxylic acids is 2. The van der Waals surface area contributed by atoms with E-state index in [4.69, 9.17) is 9.15 Å². The van der Waals surface area contributed by atoms with Crippen molar-refractivity contribution in [1.29, 1.82) is 0 Å². The number of carbonyl (C=O) groups is 2. The fraction of sp³-hybridized carbons (Fsp3) is 0.353. The molecule has 1 aliphatic heterocycles. The number of oxazole rings is 1. The van der Waals surface area contributed by atoms with Crippen LogP contribution >= 0.6 is 0 Å². The molecule has 1 aliphatic carbocycles. The molecule has 6 nitrogen and oxygen atoms in total. The summed E-state index contributed by atoms with van der Waals surface area (Å²) >= 11 is 0. The Morgan fingerprint density at radius 2 is 1.78 bits per heavy atom. The predicted octanol–water partition coefficient (Wildman–Crippen LogP) is 2.11. The second kappa shape index (κ2) is 5.40. The van der Waals surface area contributed by atoms with Crippen LogP contribution in [0.25, 0.3) is 11.3 Å². The topological polar surface area (TPSA) is 72.6 Å². The molecule has 0 N–H and O–H groups in total. The molecule has 6 heteroatoms. The van der Waals surface area contributed by atoms with Crippen molar-refractivity contribution in [3.05, 3.63) is 41.4 Å². The van der Waals surface area contributed by atoms with E-state index in [2.05, 4.69) is 9.88 Å². The van der Waals surface area contributed by atoms with Crippen molar-refractivity contribution in [2.75, 3.05) is 26.3 Å². The van der Waals surface area contributed by atoms with Gasteiger partial charge in [0, 0.05) is 24.2 Å². The van der Waals surface area contributed by atoms with Crippen LogP contribution in [0.1, 0.15) is 39.7 Å². The zero-order valence-corrected chi connectivity index (χ0v) is 12.7. The van der Waals surface area contributed by atoms with Gasteiger partial charge in [-0.15, -0.1) is 0 Å². The monoisotopic (exact) mass is 312 g/mol. The maximum atomic E-state index is 12.3. The highest BCUT2D eigenvalue weighted by Crippen LogP contribution is 2.36. The Kier molecular flexibility index (Phi) is 3.36. The van der Waals surface area contributed by atoms with Crippen molar-refractivity contribution < 1.29 is 18.7 Å². The quantitative estimate of drug-likeness (QED) is 0.791. The van der Waals surface area contributed by atoms with E-state index < -0.39 is 11.6 Å². The van der Waals surface area contributed by atoms with Crippen LogP contribution < -0.4 is 0 Å². The van der Waals surface area contributed by atoms with Gasteiger partial charge < -0.3 is 9.15 Å². The zero-order chi connectivity index (χ0) is 16.0. The number of Topliss-reactive ketones (excluding diaryl/α,β-unsaturated/α-hetero) is 2. The number of aromatic nitrogens is 1. The van der Waals surface area contributed by atoms with E-state index >= 15 is 0 Å². The Bertz CT molecular complexity index is 790. The van der Waals surface area contributed by atoms with Gasteiger partial charge in [0.25, 0.3) is 5.78 Å². The number of fused-ring (bicyclic) bond motifs is 3. The number of rotatable bonds is 2. The molecule has 118 valence electrons. The fourth-order valence-corrected chi connectivity index (χ4v) is 3.08. The highest BCUT2D eigenvalue weighted by Gasteiger charge is 2.36. The van der Waals surface area contributed by atoms with Gasteiger partial charge in [0.1, 0.15) is 0 Å². The lowest BCUT2D eigenvalue weighted by Gasteiger charge is -2.30. The fourth-order valence-electron chi connectivity index (χ4n) is 3.08. The van der Waals surface area contributed by atoms with Crippen LogP contribution in [0.5, 0.6) is 0 Å². The minimum atomic E-state index is -0.595. The molecule has 1 aromatic heterocycles. The molecule has 0 spiro atoms. The standard InChI is InChI=1S/C17H16N2O4/c1-10(19-6-8-22-9-7-19)17-18-13-15(21)14(20)11-4-2-3-5-12(11)16(13)23-17/h2-5,10H,6-9H2,1H3. The lowest BCUT2D eigenvalue weighted by molar-refractivity contribution is 0.0147. The van der Waals surface area contributed by atoms with E-state index in [1.54, 1.807) is 18.2 Å². The maximum absolute atomic E-state index is 12.3. The number of hydrogen-bond donors (Lipinski definition) is 0. The molecule has 2 aromatic rings. The molecule has 0 amide bonds. The molecule has 1 fully saturated rings. The predicted molar refractivity (Wildman–Crippen MR) is 81.4 cm³/mol. The van der Waals surface area contributed by atoms with Gasteiger partial charge in [0.15, 0.2) is 11.5 Å². The van der Waals surface area contributed by atoms with Crippen LogP contribution in [0.15, 0.2) is 28.7 Å². The van der Waals surface area contributed by atoms with E-state index in [9.17, 15) is 9.59 Å². The van der Waals surface area contributed by atoms with Crippen LogP contribution in [0.3, 0.4) is 0 Å². The lowest BCUT2D eigenvalue weighted by Crippen LogP contribution is -2.38. The van der Waals surface area contributed by atoms with Gasteiger partial charge >= 0.3 is 0 Å². The summed E-state index contributed by atoms with van der Waals surface area (Å²) in [6, 6.07) is 6.92. The van der Waals surface area contributed by atoms with Crippen molar-refractivity contribution >= 4 is 11.6 Å². The van der Waals surface area contributed by atoms with Gasteiger partial charge in [-0.25, -0.2) is 4.98 Å². The smallest absolute Gasteiger partial charge is 0.255 e. The summed E-state index contributed by atoms with van der Waals surface area (Å²) in [5.41, 5.74) is 1.15. The molecule has 0 radical (unpaired) electrons. The third-order valence-corrected chi connectivity index (χ3v) is 4.43. The Morgan fingerprint density at radius 1 is 1.09 bits per heavy atom. The lowest BCUT2D eigenvalue weighted by atomic mass is 9.91. The van der Waals surface area contributed by atoms with Crippen LogP contribution in [0.2, 0.25) is 0 Å².